The molecule has 0 amide bonds. The Morgan fingerprint density at radius 3 is 2.57 bits per heavy atom. The zero-order valence-corrected chi connectivity index (χ0v) is 10.00. The molecule has 1 heterocycles. The van der Waals surface area contributed by atoms with E-state index in [1.165, 1.54) is 38.8 Å². The Bertz CT molecular complexity index is 156. The second kappa shape index (κ2) is 5.72. The maximum Gasteiger partial charge on any atom is 0.00926 e. The minimum atomic E-state index is 0.374. The highest BCUT2D eigenvalue weighted by molar-refractivity contribution is 4.84. The van der Waals surface area contributed by atoms with Crippen LogP contribution in [0.4, 0.5) is 0 Å². The summed E-state index contributed by atoms with van der Waals surface area (Å²) in [5.41, 5.74) is 5.95. The molecule has 2 heteroatoms. The summed E-state index contributed by atoms with van der Waals surface area (Å²) in [6.07, 6.45) is 5.25. The molecular weight excluding hydrogens is 172 g/mol. The predicted molar refractivity (Wildman–Crippen MR) is 62.3 cm³/mol. The number of rotatable bonds is 5. The van der Waals surface area contributed by atoms with Gasteiger partial charge in [0.2, 0.25) is 0 Å². The lowest BCUT2D eigenvalue weighted by molar-refractivity contribution is 0.212. The van der Waals surface area contributed by atoms with E-state index in [-0.39, 0.29) is 0 Å². The summed E-state index contributed by atoms with van der Waals surface area (Å²) in [6.45, 7) is 9.23. The first-order valence-corrected chi connectivity index (χ1v) is 6.18. The van der Waals surface area contributed by atoms with Crippen molar-refractivity contribution in [3.05, 3.63) is 0 Å². The third-order valence-electron chi connectivity index (χ3n) is 3.61. The zero-order chi connectivity index (χ0) is 10.6. The highest BCUT2D eigenvalue weighted by Crippen LogP contribution is 2.23. The zero-order valence-electron chi connectivity index (χ0n) is 10.00. The molecule has 0 aromatic heterocycles. The van der Waals surface area contributed by atoms with E-state index in [9.17, 15) is 0 Å². The molecule has 0 saturated carbocycles. The summed E-state index contributed by atoms with van der Waals surface area (Å²) in [6, 6.07) is 1.18. The van der Waals surface area contributed by atoms with Gasteiger partial charge in [-0.05, 0) is 38.6 Å². The van der Waals surface area contributed by atoms with E-state index in [1.54, 1.807) is 0 Å². The topological polar surface area (TPSA) is 29.3 Å². The van der Waals surface area contributed by atoms with E-state index < -0.39 is 0 Å². The van der Waals surface area contributed by atoms with Gasteiger partial charge in [-0.1, -0.05) is 20.3 Å². The highest BCUT2D eigenvalue weighted by Gasteiger charge is 2.28. The quantitative estimate of drug-likeness (QED) is 0.734. The van der Waals surface area contributed by atoms with Crippen LogP contribution in [0.2, 0.25) is 0 Å². The molecule has 0 spiro atoms. The van der Waals surface area contributed by atoms with Gasteiger partial charge in [0.1, 0.15) is 0 Å². The highest BCUT2D eigenvalue weighted by atomic mass is 15.2. The fraction of sp³-hybridized carbons (Fsp3) is 1.00. The van der Waals surface area contributed by atoms with Crippen molar-refractivity contribution in [2.24, 2.45) is 11.7 Å². The van der Waals surface area contributed by atoms with Crippen molar-refractivity contribution in [1.29, 1.82) is 0 Å². The fourth-order valence-corrected chi connectivity index (χ4v) is 2.55. The van der Waals surface area contributed by atoms with Crippen molar-refractivity contribution < 1.29 is 0 Å². The van der Waals surface area contributed by atoms with Gasteiger partial charge in [-0.3, -0.25) is 0 Å². The molecule has 3 unspecified atom stereocenters. The van der Waals surface area contributed by atoms with Gasteiger partial charge >= 0.3 is 0 Å². The van der Waals surface area contributed by atoms with E-state index in [4.69, 9.17) is 5.73 Å². The molecule has 1 aliphatic rings. The van der Waals surface area contributed by atoms with Crippen LogP contribution in [0.3, 0.4) is 0 Å². The minimum absolute atomic E-state index is 0.374. The molecule has 2 N–H and O–H groups in total. The van der Waals surface area contributed by atoms with Crippen LogP contribution in [0.1, 0.15) is 46.5 Å². The standard InChI is InChI=1S/C12H26N2/c1-4-6-12(5-2)14-8-7-11(9-14)10(3)13/h10-12H,4-9,13H2,1-3H3. The maximum absolute atomic E-state index is 5.95. The molecule has 0 aliphatic carbocycles. The van der Waals surface area contributed by atoms with Crippen LogP contribution in [0.25, 0.3) is 0 Å². The first-order valence-electron chi connectivity index (χ1n) is 6.18. The molecule has 84 valence electrons. The van der Waals surface area contributed by atoms with Gasteiger partial charge in [-0.25, -0.2) is 0 Å². The summed E-state index contributed by atoms with van der Waals surface area (Å²) in [5.74, 6) is 0.737. The van der Waals surface area contributed by atoms with Crippen LogP contribution >= 0.6 is 0 Å². The molecule has 1 rings (SSSR count). The summed E-state index contributed by atoms with van der Waals surface area (Å²) in [4.78, 5) is 2.65. The third-order valence-corrected chi connectivity index (χ3v) is 3.61. The second-order valence-electron chi connectivity index (χ2n) is 4.75. The Morgan fingerprint density at radius 2 is 2.14 bits per heavy atom. The van der Waals surface area contributed by atoms with Gasteiger partial charge in [0.15, 0.2) is 0 Å². The van der Waals surface area contributed by atoms with Crippen LogP contribution < -0.4 is 5.73 Å². The molecule has 0 aromatic rings. The molecule has 0 bridgehead atoms. The Hall–Kier alpha value is -0.0800. The Balaban J connectivity index is 2.39. The van der Waals surface area contributed by atoms with Crippen LogP contribution in [-0.2, 0) is 0 Å². The number of hydrogen-bond acceptors (Lipinski definition) is 2. The average molecular weight is 198 g/mol. The average Bonchev–Trinajstić information content (AvgIpc) is 2.63. The molecule has 14 heavy (non-hydrogen) atoms. The molecule has 3 atom stereocenters. The summed E-state index contributed by atoms with van der Waals surface area (Å²) in [7, 11) is 0. The largest absolute Gasteiger partial charge is 0.328 e. The molecule has 2 nitrogen and oxygen atoms in total. The Kier molecular flexibility index (Phi) is 4.90. The van der Waals surface area contributed by atoms with Crippen molar-refractivity contribution in [2.45, 2.75) is 58.5 Å². The molecule has 1 aliphatic heterocycles. The van der Waals surface area contributed by atoms with E-state index in [0.29, 0.717) is 6.04 Å². The van der Waals surface area contributed by atoms with E-state index in [1.807, 2.05) is 0 Å². The predicted octanol–water partition coefficient (Wildman–Crippen LogP) is 2.23. The maximum atomic E-state index is 5.95. The summed E-state index contributed by atoms with van der Waals surface area (Å²) < 4.78 is 0. The van der Waals surface area contributed by atoms with Crippen molar-refractivity contribution in [3.8, 4) is 0 Å². The van der Waals surface area contributed by atoms with Crippen molar-refractivity contribution >= 4 is 0 Å². The van der Waals surface area contributed by atoms with E-state index in [0.717, 1.165) is 12.0 Å². The first kappa shape index (κ1) is 12.0. The second-order valence-corrected chi connectivity index (χ2v) is 4.75. The fourth-order valence-electron chi connectivity index (χ4n) is 2.55. The molecule has 1 fully saturated rings. The van der Waals surface area contributed by atoms with Crippen LogP contribution in [0.15, 0.2) is 0 Å². The van der Waals surface area contributed by atoms with Gasteiger partial charge in [0, 0.05) is 18.6 Å². The minimum Gasteiger partial charge on any atom is -0.328 e. The van der Waals surface area contributed by atoms with Gasteiger partial charge in [-0.15, -0.1) is 0 Å². The summed E-state index contributed by atoms with van der Waals surface area (Å²) >= 11 is 0. The first-order chi connectivity index (χ1) is 6.69. The van der Waals surface area contributed by atoms with Crippen molar-refractivity contribution in [1.82, 2.24) is 4.90 Å². The molecule has 0 radical (unpaired) electrons. The Labute approximate surface area is 88.8 Å². The van der Waals surface area contributed by atoms with Gasteiger partial charge in [-0.2, -0.15) is 0 Å². The SMILES string of the molecule is CCCC(CC)N1CCC(C(C)N)C1. The lowest BCUT2D eigenvalue weighted by atomic mass is 10.0. The number of hydrogen-bond donors (Lipinski definition) is 1. The molecule has 0 aromatic carbocycles. The smallest absolute Gasteiger partial charge is 0.00926 e. The lowest BCUT2D eigenvalue weighted by Crippen LogP contribution is -2.35. The van der Waals surface area contributed by atoms with E-state index in [2.05, 4.69) is 25.7 Å². The van der Waals surface area contributed by atoms with Crippen LogP contribution in [0, 0.1) is 5.92 Å². The van der Waals surface area contributed by atoms with Gasteiger partial charge in [0.05, 0.1) is 0 Å². The third kappa shape index (κ3) is 2.96. The number of nitrogens with two attached hydrogens (primary N) is 1. The monoisotopic (exact) mass is 198 g/mol. The number of likely N-dealkylation sites (tertiary alicyclic amines) is 1. The van der Waals surface area contributed by atoms with Gasteiger partial charge in [0.25, 0.3) is 0 Å². The van der Waals surface area contributed by atoms with Crippen molar-refractivity contribution in [2.75, 3.05) is 13.1 Å². The van der Waals surface area contributed by atoms with Gasteiger partial charge < -0.3 is 10.6 Å². The van der Waals surface area contributed by atoms with Crippen LogP contribution in [0.5, 0.6) is 0 Å². The number of nitrogens with zero attached hydrogens (tertiary/aromatic N) is 1. The summed E-state index contributed by atoms with van der Waals surface area (Å²) in [5, 5.41) is 0. The normalized spacial score (nSPS) is 27.9. The van der Waals surface area contributed by atoms with Crippen LogP contribution in [-0.4, -0.2) is 30.1 Å². The molecular formula is C12H26N2. The van der Waals surface area contributed by atoms with Crippen molar-refractivity contribution in [3.63, 3.8) is 0 Å². The van der Waals surface area contributed by atoms with E-state index >= 15 is 0 Å². The molecule has 1 saturated heterocycles. The lowest BCUT2D eigenvalue weighted by Gasteiger charge is -2.27. The Morgan fingerprint density at radius 1 is 1.43 bits per heavy atom.